The van der Waals surface area contributed by atoms with E-state index in [1.54, 1.807) is 29.6 Å². The second-order valence-corrected chi connectivity index (χ2v) is 5.34. The molecule has 0 amide bonds. The minimum atomic E-state index is -0.253. The Bertz CT molecular complexity index is 721. The maximum Gasteiger partial charge on any atom is 0.183 e. The number of thiazole rings is 1. The monoisotopic (exact) mass is 317 g/mol. The van der Waals surface area contributed by atoms with Crippen molar-refractivity contribution >= 4 is 33.8 Å². The summed E-state index contributed by atoms with van der Waals surface area (Å²) >= 11 is 1.23. The number of aromatic nitrogens is 1. The molecule has 0 spiro atoms. The summed E-state index contributed by atoms with van der Waals surface area (Å²) < 4.78 is 0. The molecule has 0 unspecified atom stereocenters. The predicted molar refractivity (Wildman–Crippen MR) is 86.0 cm³/mol. The quantitative estimate of drug-likeness (QED) is 0.423. The third-order valence-corrected chi connectivity index (χ3v) is 3.42. The molecule has 1 heterocycles. The van der Waals surface area contributed by atoms with Crippen LogP contribution in [0.1, 0.15) is 23.7 Å². The van der Waals surface area contributed by atoms with Gasteiger partial charge in [-0.25, -0.2) is 4.98 Å². The van der Waals surface area contributed by atoms with Crippen LogP contribution < -0.4 is 11.5 Å². The third kappa shape index (κ3) is 3.89. The molecule has 8 heteroatoms. The maximum absolute atomic E-state index is 11.6. The van der Waals surface area contributed by atoms with E-state index in [2.05, 4.69) is 10.1 Å². The van der Waals surface area contributed by atoms with Crippen molar-refractivity contribution in [2.24, 2.45) is 10.9 Å². The lowest BCUT2D eigenvalue weighted by molar-refractivity contribution is -0.111. The van der Waals surface area contributed by atoms with Crippen LogP contribution in [0, 0.1) is 5.41 Å². The van der Waals surface area contributed by atoms with Crippen molar-refractivity contribution in [3.63, 3.8) is 0 Å². The first-order valence-corrected chi connectivity index (χ1v) is 7.21. The van der Waals surface area contributed by atoms with Crippen molar-refractivity contribution in [2.75, 3.05) is 5.73 Å². The highest BCUT2D eigenvalue weighted by Crippen LogP contribution is 2.13. The normalized spacial score (nSPS) is 11.2. The summed E-state index contributed by atoms with van der Waals surface area (Å²) in [6.45, 7) is 1.58. The van der Waals surface area contributed by atoms with Gasteiger partial charge in [-0.05, 0) is 5.56 Å². The molecule has 5 N–H and O–H groups in total. The van der Waals surface area contributed by atoms with Crippen LogP contribution in [0.5, 0.6) is 0 Å². The summed E-state index contributed by atoms with van der Waals surface area (Å²) in [5, 5.41) is 13.2. The number of hydrogen-bond donors (Lipinski definition) is 3. The largest absolute Gasteiger partial charge is 0.390 e. The van der Waals surface area contributed by atoms with Gasteiger partial charge in [0, 0.05) is 17.9 Å². The Kier molecular flexibility index (Phi) is 4.84. The number of carbonyl (C=O) groups is 1. The van der Waals surface area contributed by atoms with Gasteiger partial charge in [0.05, 0.1) is 0 Å². The van der Waals surface area contributed by atoms with Gasteiger partial charge < -0.3 is 16.3 Å². The van der Waals surface area contributed by atoms with E-state index in [1.165, 1.54) is 18.3 Å². The smallest absolute Gasteiger partial charge is 0.183 e. The molecule has 0 saturated carbocycles. The number of hydrogen-bond acceptors (Lipinski definition) is 7. The zero-order valence-electron chi connectivity index (χ0n) is 11.9. The van der Waals surface area contributed by atoms with Crippen LogP contribution in [0.4, 0.5) is 5.13 Å². The lowest BCUT2D eigenvalue weighted by Gasteiger charge is -2.03. The van der Waals surface area contributed by atoms with Crippen LogP contribution >= 0.6 is 11.3 Å². The Labute approximate surface area is 131 Å². The molecular weight excluding hydrogens is 302 g/mol. The van der Waals surface area contributed by atoms with Gasteiger partial charge in [-0.2, -0.15) is 0 Å². The van der Waals surface area contributed by atoms with Gasteiger partial charge in [0.15, 0.2) is 16.6 Å². The molecule has 1 aromatic carbocycles. The van der Waals surface area contributed by atoms with Gasteiger partial charge in [-0.1, -0.05) is 29.4 Å². The van der Waals surface area contributed by atoms with E-state index in [-0.39, 0.29) is 23.9 Å². The standard InChI is InChI=1S/C14H15N5O2S/c1-8(20)12(11-7-22-14(17)18-11)19-21-6-9-2-4-10(5-3-9)13(15)16/h2-5,7H,6H2,1H3,(H3,15,16)(H2,17,18)/b19-12+. The molecule has 0 aliphatic carbocycles. The van der Waals surface area contributed by atoms with E-state index in [4.69, 9.17) is 21.7 Å². The number of nitrogen functional groups attached to an aromatic ring is 2. The Morgan fingerprint density at radius 3 is 2.59 bits per heavy atom. The molecular formula is C14H15N5O2S. The molecule has 1 aromatic heterocycles. The third-order valence-electron chi connectivity index (χ3n) is 2.75. The van der Waals surface area contributed by atoms with E-state index in [9.17, 15) is 4.79 Å². The highest BCUT2D eigenvalue weighted by molar-refractivity contribution is 7.13. The van der Waals surface area contributed by atoms with Crippen LogP contribution in [0.15, 0.2) is 34.8 Å². The summed E-state index contributed by atoms with van der Waals surface area (Å²) in [6, 6.07) is 7.00. The molecule has 0 atom stereocenters. The fraction of sp³-hybridized carbons (Fsp3) is 0.143. The molecule has 0 radical (unpaired) electrons. The van der Waals surface area contributed by atoms with Crippen molar-refractivity contribution in [2.45, 2.75) is 13.5 Å². The number of amidine groups is 1. The molecule has 0 fully saturated rings. The summed E-state index contributed by atoms with van der Waals surface area (Å²) in [5.74, 6) is -0.247. The average Bonchev–Trinajstić information content (AvgIpc) is 2.90. The van der Waals surface area contributed by atoms with Gasteiger partial charge in [0.2, 0.25) is 0 Å². The van der Waals surface area contributed by atoms with Crippen molar-refractivity contribution < 1.29 is 9.63 Å². The number of nitrogens with zero attached hydrogens (tertiary/aromatic N) is 2. The molecule has 22 heavy (non-hydrogen) atoms. The van der Waals surface area contributed by atoms with E-state index in [0.29, 0.717) is 16.4 Å². The Morgan fingerprint density at radius 2 is 2.09 bits per heavy atom. The first kappa shape index (κ1) is 15.6. The minimum Gasteiger partial charge on any atom is -0.390 e. The second-order valence-electron chi connectivity index (χ2n) is 4.45. The Hall–Kier alpha value is -2.74. The molecule has 114 valence electrons. The van der Waals surface area contributed by atoms with Crippen molar-refractivity contribution in [1.29, 1.82) is 5.41 Å². The van der Waals surface area contributed by atoms with Crippen LogP contribution in [-0.2, 0) is 16.2 Å². The number of rotatable bonds is 6. The number of nitrogens with two attached hydrogens (primary N) is 2. The van der Waals surface area contributed by atoms with Crippen molar-refractivity contribution in [3.05, 3.63) is 46.5 Å². The van der Waals surface area contributed by atoms with Crippen molar-refractivity contribution in [3.8, 4) is 0 Å². The van der Waals surface area contributed by atoms with Gasteiger partial charge in [0.25, 0.3) is 0 Å². The Morgan fingerprint density at radius 1 is 1.41 bits per heavy atom. The fourth-order valence-electron chi connectivity index (χ4n) is 1.64. The first-order valence-electron chi connectivity index (χ1n) is 6.33. The van der Waals surface area contributed by atoms with Gasteiger partial charge in [0.1, 0.15) is 18.1 Å². The van der Waals surface area contributed by atoms with Crippen LogP contribution in [-0.4, -0.2) is 22.3 Å². The van der Waals surface area contributed by atoms with Crippen LogP contribution in [0.3, 0.4) is 0 Å². The number of carbonyl (C=O) groups excluding carboxylic acids is 1. The highest BCUT2D eigenvalue weighted by Gasteiger charge is 2.13. The molecule has 7 nitrogen and oxygen atoms in total. The summed E-state index contributed by atoms with van der Waals surface area (Å²) in [5.41, 5.74) is 12.9. The first-order chi connectivity index (χ1) is 10.5. The highest BCUT2D eigenvalue weighted by atomic mass is 32.1. The van der Waals surface area contributed by atoms with E-state index < -0.39 is 0 Å². The van der Waals surface area contributed by atoms with Gasteiger partial charge in [-0.15, -0.1) is 11.3 Å². The lowest BCUT2D eigenvalue weighted by atomic mass is 10.1. The number of anilines is 1. The van der Waals surface area contributed by atoms with E-state index >= 15 is 0 Å². The fourth-order valence-corrected chi connectivity index (χ4v) is 2.19. The molecule has 0 aliphatic heterocycles. The number of Topliss-reactive ketones (excluding diaryl/α,β-unsaturated/α-hetero) is 1. The topological polar surface area (TPSA) is 127 Å². The molecule has 2 aromatic rings. The van der Waals surface area contributed by atoms with Crippen LogP contribution in [0.25, 0.3) is 0 Å². The molecule has 2 rings (SSSR count). The number of nitrogens with one attached hydrogen (secondary N) is 1. The van der Waals surface area contributed by atoms with E-state index in [0.717, 1.165) is 5.56 Å². The van der Waals surface area contributed by atoms with Gasteiger partial charge >= 0.3 is 0 Å². The van der Waals surface area contributed by atoms with Gasteiger partial charge in [-0.3, -0.25) is 10.2 Å². The molecule has 0 saturated heterocycles. The van der Waals surface area contributed by atoms with Crippen molar-refractivity contribution in [1.82, 2.24) is 4.98 Å². The number of oxime groups is 1. The Balaban J connectivity index is 2.05. The summed E-state index contributed by atoms with van der Waals surface area (Å²) in [4.78, 5) is 20.8. The number of benzene rings is 1. The lowest BCUT2D eigenvalue weighted by Crippen LogP contribution is -2.13. The maximum atomic E-state index is 11.6. The van der Waals surface area contributed by atoms with E-state index in [1.807, 2.05) is 0 Å². The molecule has 0 bridgehead atoms. The second kappa shape index (κ2) is 6.81. The predicted octanol–water partition coefficient (Wildman–Crippen LogP) is 1.52. The zero-order chi connectivity index (χ0) is 16.1. The van der Waals surface area contributed by atoms with Crippen LogP contribution in [0.2, 0.25) is 0 Å². The molecule has 0 aliphatic rings. The average molecular weight is 317 g/mol. The number of ketones is 1. The SMILES string of the molecule is CC(=O)/C(=N\OCc1ccc(C(=N)N)cc1)c1csc(N)n1. The summed E-state index contributed by atoms with van der Waals surface area (Å²) in [7, 11) is 0. The zero-order valence-corrected chi connectivity index (χ0v) is 12.7. The summed E-state index contributed by atoms with van der Waals surface area (Å²) in [6.07, 6.45) is 0. The minimum absolute atomic E-state index is 0.00507.